The average Bonchev–Trinajstić information content (AvgIpc) is 3.29. The fourth-order valence-corrected chi connectivity index (χ4v) is 4.26. The second kappa shape index (κ2) is 7.87. The molecule has 0 radical (unpaired) electrons. The van der Waals surface area contributed by atoms with Crippen molar-refractivity contribution in [3.05, 3.63) is 48.4 Å². The normalized spacial score (nSPS) is 17.9. The van der Waals surface area contributed by atoms with Crippen LogP contribution < -0.4 is 5.32 Å². The maximum absolute atomic E-state index is 11.2. The molecule has 1 amide bonds. The molecular formula is C22H24N6O2. The van der Waals surface area contributed by atoms with Gasteiger partial charge in [-0.1, -0.05) is 18.2 Å². The fraction of sp³-hybridized carbons (Fsp3) is 0.364. The van der Waals surface area contributed by atoms with Gasteiger partial charge in [-0.15, -0.1) is 0 Å². The van der Waals surface area contributed by atoms with Gasteiger partial charge in [-0.25, -0.2) is 9.78 Å². The highest BCUT2D eigenvalue weighted by molar-refractivity contribution is 5.90. The second-order valence-corrected chi connectivity index (χ2v) is 7.83. The van der Waals surface area contributed by atoms with Crippen molar-refractivity contribution in [3.63, 3.8) is 0 Å². The topological polar surface area (TPSA) is 96.2 Å². The number of nitrogens with one attached hydrogen (secondary N) is 1. The minimum atomic E-state index is -0.879. The van der Waals surface area contributed by atoms with Gasteiger partial charge in [0.2, 0.25) is 0 Å². The van der Waals surface area contributed by atoms with Crippen LogP contribution in [0, 0.1) is 0 Å². The number of aromatic nitrogens is 4. The molecule has 8 heteroatoms. The minimum absolute atomic E-state index is 0.400. The van der Waals surface area contributed by atoms with Crippen LogP contribution in [0.5, 0.6) is 0 Å². The Balaban J connectivity index is 1.48. The van der Waals surface area contributed by atoms with E-state index >= 15 is 0 Å². The largest absolute Gasteiger partial charge is 0.465 e. The highest BCUT2D eigenvalue weighted by Crippen LogP contribution is 2.29. The van der Waals surface area contributed by atoms with Crippen LogP contribution in [0.1, 0.15) is 30.9 Å². The van der Waals surface area contributed by atoms with Crippen LogP contribution in [-0.4, -0.2) is 62.0 Å². The van der Waals surface area contributed by atoms with Crippen molar-refractivity contribution in [1.82, 2.24) is 30.0 Å². The molecule has 2 aliphatic rings. The lowest BCUT2D eigenvalue weighted by Gasteiger charge is -2.24. The first-order valence-electron chi connectivity index (χ1n) is 10.4. The fourth-order valence-electron chi connectivity index (χ4n) is 4.26. The Hall–Kier alpha value is -3.26. The molecule has 0 saturated carbocycles. The number of hydrogen-bond acceptors (Lipinski definition) is 5. The minimum Gasteiger partial charge on any atom is -0.465 e. The number of carboxylic acid groups (broad SMARTS) is 1. The van der Waals surface area contributed by atoms with Crippen molar-refractivity contribution in [3.8, 4) is 11.3 Å². The monoisotopic (exact) mass is 404 g/mol. The first kappa shape index (κ1) is 18.7. The molecular weight excluding hydrogens is 380 g/mol. The van der Waals surface area contributed by atoms with Gasteiger partial charge in [-0.2, -0.15) is 5.10 Å². The second-order valence-electron chi connectivity index (χ2n) is 7.83. The molecule has 0 aliphatic carbocycles. The molecule has 154 valence electrons. The molecule has 4 heterocycles. The summed E-state index contributed by atoms with van der Waals surface area (Å²) in [5, 5.41) is 17.2. The predicted octanol–water partition coefficient (Wildman–Crippen LogP) is 3.18. The summed E-state index contributed by atoms with van der Waals surface area (Å²) in [5.74, 6) is 0. The van der Waals surface area contributed by atoms with E-state index in [2.05, 4.69) is 26.3 Å². The van der Waals surface area contributed by atoms with E-state index in [1.165, 1.54) is 4.90 Å². The average molecular weight is 404 g/mol. The third-order valence-corrected chi connectivity index (χ3v) is 5.98. The van der Waals surface area contributed by atoms with Gasteiger partial charge in [-0.05, 0) is 44.0 Å². The summed E-state index contributed by atoms with van der Waals surface area (Å²) in [6, 6.07) is 6.40. The zero-order chi connectivity index (χ0) is 20.5. The quantitative estimate of drug-likeness (QED) is 0.696. The number of para-hydroxylation sites is 1. The zero-order valence-electron chi connectivity index (χ0n) is 16.7. The van der Waals surface area contributed by atoms with E-state index in [9.17, 15) is 9.90 Å². The molecule has 1 saturated heterocycles. The van der Waals surface area contributed by atoms with Gasteiger partial charge >= 0.3 is 6.09 Å². The molecule has 2 N–H and O–H groups in total. The lowest BCUT2D eigenvalue weighted by Crippen LogP contribution is -2.33. The Morgan fingerprint density at radius 3 is 2.83 bits per heavy atom. The van der Waals surface area contributed by atoms with Crippen molar-refractivity contribution in [1.29, 1.82) is 0 Å². The first-order chi connectivity index (χ1) is 14.7. The molecule has 0 atom stereocenters. The van der Waals surface area contributed by atoms with E-state index in [1.54, 1.807) is 6.20 Å². The number of fused-ring (bicyclic) bond motifs is 1. The number of rotatable bonds is 3. The van der Waals surface area contributed by atoms with Crippen LogP contribution in [0.4, 0.5) is 4.79 Å². The Kier molecular flexibility index (Phi) is 4.92. The highest BCUT2D eigenvalue weighted by Gasteiger charge is 2.20. The van der Waals surface area contributed by atoms with Gasteiger partial charge in [-0.3, -0.25) is 9.67 Å². The molecule has 0 spiro atoms. The summed E-state index contributed by atoms with van der Waals surface area (Å²) in [4.78, 5) is 22.2. The number of carbonyl (C=O) groups is 1. The molecule has 1 aromatic carbocycles. The predicted molar refractivity (Wildman–Crippen MR) is 114 cm³/mol. The summed E-state index contributed by atoms with van der Waals surface area (Å²) in [5.41, 5.74) is 5.60. The summed E-state index contributed by atoms with van der Waals surface area (Å²) < 4.78 is 2.05. The first-order valence-corrected chi connectivity index (χ1v) is 10.4. The third-order valence-electron chi connectivity index (χ3n) is 5.98. The van der Waals surface area contributed by atoms with Gasteiger partial charge in [0.25, 0.3) is 0 Å². The number of amides is 1. The summed E-state index contributed by atoms with van der Waals surface area (Å²) >= 11 is 0. The van der Waals surface area contributed by atoms with Crippen LogP contribution in [0.25, 0.3) is 27.9 Å². The molecule has 8 nitrogen and oxygen atoms in total. The molecule has 3 aromatic rings. The Morgan fingerprint density at radius 2 is 2.07 bits per heavy atom. The van der Waals surface area contributed by atoms with Gasteiger partial charge in [0.1, 0.15) is 0 Å². The standard InChI is InChI=1S/C22H24N6O2/c29-22(30)27-10-6-15(7-11-27)18-2-1-3-19-21(18)26-20(13-24-19)16-12-25-28(14-16)17-4-8-23-9-5-17/h1-3,6,12-14,17,23H,4-5,7-11H2,(H,29,30). The van der Waals surface area contributed by atoms with Crippen LogP contribution in [0.15, 0.2) is 42.9 Å². The Morgan fingerprint density at radius 1 is 1.20 bits per heavy atom. The van der Waals surface area contributed by atoms with Crippen molar-refractivity contribution >= 4 is 22.7 Å². The van der Waals surface area contributed by atoms with Gasteiger partial charge in [0.05, 0.1) is 35.2 Å². The number of benzene rings is 1. The highest BCUT2D eigenvalue weighted by atomic mass is 16.4. The Labute approximate surface area is 174 Å². The van der Waals surface area contributed by atoms with E-state index < -0.39 is 6.09 Å². The maximum Gasteiger partial charge on any atom is 0.407 e. The molecule has 5 rings (SSSR count). The molecule has 2 aliphatic heterocycles. The van der Waals surface area contributed by atoms with Gasteiger partial charge in [0, 0.05) is 30.4 Å². The van der Waals surface area contributed by atoms with E-state index in [4.69, 9.17) is 4.98 Å². The van der Waals surface area contributed by atoms with Crippen LogP contribution in [-0.2, 0) is 0 Å². The Bertz CT molecular complexity index is 1120. The molecule has 30 heavy (non-hydrogen) atoms. The summed E-state index contributed by atoms with van der Waals surface area (Å²) in [6.07, 6.45) is 9.67. The molecule has 2 aromatic heterocycles. The van der Waals surface area contributed by atoms with E-state index in [1.807, 2.05) is 30.5 Å². The third kappa shape index (κ3) is 3.54. The van der Waals surface area contributed by atoms with Crippen molar-refractivity contribution < 1.29 is 9.90 Å². The molecule has 0 unspecified atom stereocenters. The molecule has 0 bridgehead atoms. The smallest absolute Gasteiger partial charge is 0.407 e. The lowest BCUT2D eigenvalue weighted by molar-refractivity contribution is 0.150. The van der Waals surface area contributed by atoms with Gasteiger partial charge < -0.3 is 15.3 Å². The lowest BCUT2D eigenvalue weighted by atomic mass is 9.98. The number of hydrogen-bond donors (Lipinski definition) is 2. The van der Waals surface area contributed by atoms with Crippen LogP contribution >= 0.6 is 0 Å². The van der Waals surface area contributed by atoms with Crippen molar-refractivity contribution in [2.75, 3.05) is 26.2 Å². The summed E-state index contributed by atoms with van der Waals surface area (Å²) in [6.45, 7) is 2.94. The van der Waals surface area contributed by atoms with Crippen molar-refractivity contribution in [2.45, 2.75) is 25.3 Å². The number of piperidine rings is 1. The van der Waals surface area contributed by atoms with E-state index in [0.717, 1.165) is 59.4 Å². The molecule has 1 fully saturated rings. The van der Waals surface area contributed by atoms with Crippen LogP contribution in [0.3, 0.4) is 0 Å². The number of nitrogens with zero attached hydrogens (tertiary/aromatic N) is 5. The van der Waals surface area contributed by atoms with Crippen LogP contribution in [0.2, 0.25) is 0 Å². The van der Waals surface area contributed by atoms with E-state index in [-0.39, 0.29) is 0 Å². The zero-order valence-corrected chi connectivity index (χ0v) is 16.7. The van der Waals surface area contributed by atoms with Crippen molar-refractivity contribution in [2.24, 2.45) is 0 Å². The van der Waals surface area contributed by atoms with E-state index in [0.29, 0.717) is 25.6 Å². The summed E-state index contributed by atoms with van der Waals surface area (Å²) in [7, 11) is 0. The SMILES string of the molecule is O=C(O)N1CC=C(c2cccc3ncc(-c4cnn(C5CCNCC5)c4)nc23)CC1. The maximum atomic E-state index is 11.2. The van der Waals surface area contributed by atoms with Gasteiger partial charge in [0.15, 0.2) is 0 Å².